The first-order valence-corrected chi connectivity index (χ1v) is 8.13. The van der Waals surface area contributed by atoms with Crippen LogP contribution < -0.4 is 4.90 Å². The lowest BCUT2D eigenvalue weighted by Gasteiger charge is -2.22. The molecule has 0 N–H and O–H groups in total. The van der Waals surface area contributed by atoms with E-state index in [2.05, 4.69) is 4.98 Å². The van der Waals surface area contributed by atoms with Crippen molar-refractivity contribution in [3.63, 3.8) is 0 Å². The van der Waals surface area contributed by atoms with Crippen molar-refractivity contribution in [3.8, 4) is 11.1 Å². The van der Waals surface area contributed by atoms with E-state index in [0.717, 1.165) is 16.9 Å². The van der Waals surface area contributed by atoms with Crippen LogP contribution in [0.5, 0.6) is 0 Å². The summed E-state index contributed by atoms with van der Waals surface area (Å²) in [7, 11) is 3.86. The molecule has 0 saturated carbocycles. The second-order valence-corrected chi connectivity index (χ2v) is 7.07. The topological polar surface area (TPSA) is 59.5 Å². The van der Waals surface area contributed by atoms with Crippen LogP contribution in [0.4, 0.5) is 5.82 Å². The van der Waals surface area contributed by atoms with Gasteiger partial charge in [-0.15, -0.1) is 0 Å². The van der Waals surface area contributed by atoms with E-state index in [1.165, 1.54) is 0 Å². The minimum Gasteiger partial charge on any atom is -0.459 e. The summed E-state index contributed by atoms with van der Waals surface area (Å²) in [6.07, 6.45) is 2.40. The van der Waals surface area contributed by atoms with Gasteiger partial charge in [0.15, 0.2) is 0 Å². The molecule has 1 atom stereocenters. The molecule has 25 heavy (non-hydrogen) atoms. The zero-order valence-corrected chi connectivity index (χ0v) is 15.3. The summed E-state index contributed by atoms with van der Waals surface area (Å²) in [5.41, 5.74) is 1.78. The summed E-state index contributed by atoms with van der Waals surface area (Å²) in [4.78, 5) is 30.1. The summed E-state index contributed by atoms with van der Waals surface area (Å²) in [5.74, 6) is -0.617. The van der Waals surface area contributed by atoms with Gasteiger partial charge in [-0.05, 0) is 50.1 Å². The number of aldehydes is 1. The van der Waals surface area contributed by atoms with Crippen molar-refractivity contribution in [2.75, 3.05) is 19.0 Å². The molecule has 0 aliphatic heterocycles. The average molecular weight is 340 g/mol. The molecule has 1 aromatic heterocycles. The zero-order valence-electron chi connectivity index (χ0n) is 15.3. The predicted octanol–water partition coefficient (Wildman–Crippen LogP) is 3.44. The third-order valence-electron chi connectivity index (χ3n) is 3.58. The maximum atomic E-state index is 12.3. The van der Waals surface area contributed by atoms with Crippen molar-refractivity contribution in [1.29, 1.82) is 0 Å². The molecule has 2 aromatic rings. The number of benzene rings is 1. The minimum absolute atomic E-state index is 0.541. The number of esters is 1. The van der Waals surface area contributed by atoms with Crippen LogP contribution in [-0.4, -0.2) is 36.9 Å². The first-order valence-electron chi connectivity index (χ1n) is 8.13. The first kappa shape index (κ1) is 18.6. The van der Waals surface area contributed by atoms with Crippen LogP contribution in [-0.2, 0) is 14.3 Å². The Bertz CT molecular complexity index is 746. The molecule has 1 aromatic carbocycles. The fourth-order valence-electron chi connectivity index (χ4n) is 2.37. The Hall–Kier alpha value is -2.69. The number of anilines is 1. The number of hydrogen-bond donors (Lipinski definition) is 0. The summed E-state index contributed by atoms with van der Waals surface area (Å²) < 4.78 is 5.34. The number of ether oxygens (including phenoxy) is 1. The van der Waals surface area contributed by atoms with Crippen molar-refractivity contribution >= 4 is 18.1 Å². The summed E-state index contributed by atoms with van der Waals surface area (Å²) in [6.45, 7) is 5.34. The number of nitrogens with zero attached hydrogens (tertiary/aromatic N) is 2. The minimum atomic E-state index is -0.937. The fraction of sp³-hybridized carbons (Fsp3) is 0.350. The van der Waals surface area contributed by atoms with E-state index in [1.54, 1.807) is 33.0 Å². The largest absolute Gasteiger partial charge is 0.459 e. The highest BCUT2D eigenvalue weighted by atomic mass is 16.6. The Labute approximate surface area is 148 Å². The Morgan fingerprint density at radius 2 is 1.88 bits per heavy atom. The Morgan fingerprint density at radius 3 is 2.40 bits per heavy atom. The third-order valence-corrected chi connectivity index (χ3v) is 3.58. The van der Waals surface area contributed by atoms with Gasteiger partial charge in [-0.25, -0.2) is 4.98 Å². The number of carbonyl (C=O) groups excluding carboxylic acids is 2. The van der Waals surface area contributed by atoms with Gasteiger partial charge in [0.1, 0.15) is 23.6 Å². The molecular weight excluding hydrogens is 316 g/mol. The van der Waals surface area contributed by atoms with Crippen molar-refractivity contribution < 1.29 is 14.3 Å². The second-order valence-electron chi connectivity index (χ2n) is 7.07. The van der Waals surface area contributed by atoms with Crippen LogP contribution in [0, 0.1) is 0 Å². The number of aromatic nitrogens is 1. The van der Waals surface area contributed by atoms with Gasteiger partial charge in [0.25, 0.3) is 0 Å². The molecule has 0 bridgehead atoms. The first-order chi connectivity index (χ1) is 11.7. The molecule has 5 heteroatoms. The number of pyridine rings is 1. The summed E-state index contributed by atoms with van der Waals surface area (Å²) in [5, 5.41) is 0. The Morgan fingerprint density at radius 1 is 1.16 bits per heavy atom. The van der Waals surface area contributed by atoms with E-state index in [4.69, 9.17) is 4.74 Å². The van der Waals surface area contributed by atoms with Crippen molar-refractivity contribution in [3.05, 3.63) is 48.2 Å². The molecule has 0 aliphatic carbocycles. The number of carbonyl (C=O) groups is 2. The molecule has 0 aliphatic rings. The van der Waals surface area contributed by atoms with Gasteiger partial charge < -0.3 is 14.4 Å². The molecule has 0 spiro atoms. The molecule has 132 valence electrons. The van der Waals surface area contributed by atoms with E-state index in [1.807, 2.05) is 49.3 Å². The van der Waals surface area contributed by atoms with E-state index in [-0.39, 0.29) is 0 Å². The fourth-order valence-corrected chi connectivity index (χ4v) is 2.37. The van der Waals surface area contributed by atoms with Crippen molar-refractivity contribution in [1.82, 2.24) is 4.98 Å². The van der Waals surface area contributed by atoms with Crippen LogP contribution >= 0.6 is 0 Å². The monoisotopic (exact) mass is 340 g/mol. The van der Waals surface area contributed by atoms with Crippen LogP contribution in [0.1, 0.15) is 32.3 Å². The van der Waals surface area contributed by atoms with Gasteiger partial charge in [0, 0.05) is 25.9 Å². The Kier molecular flexibility index (Phi) is 5.57. The quantitative estimate of drug-likeness (QED) is 0.474. The molecular formula is C20H24N2O3. The lowest BCUT2D eigenvalue weighted by molar-refractivity contribution is -0.157. The third kappa shape index (κ3) is 4.89. The van der Waals surface area contributed by atoms with E-state index < -0.39 is 17.5 Å². The standard InChI is InChI=1S/C20H24N2O3/c1-20(2,3)25-19(24)17(13-23)15-8-6-7-14(11-15)16-9-10-18(21-12-16)22(4)5/h6-13,17H,1-5H3. The molecule has 0 saturated heterocycles. The smallest absolute Gasteiger partial charge is 0.321 e. The SMILES string of the molecule is CN(C)c1ccc(-c2cccc(C(C=O)C(=O)OC(C)(C)C)c2)cn1. The highest BCUT2D eigenvalue weighted by Crippen LogP contribution is 2.26. The van der Waals surface area contributed by atoms with Gasteiger partial charge in [-0.1, -0.05) is 18.2 Å². The van der Waals surface area contributed by atoms with Crippen LogP contribution in [0.25, 0.3) is 11.1 Å². The molecule has 1 unspecified atom stereocenters. The van der Waals surface area contributed by atoms with Crippen LogP contribution in [0.15, 0.2) is 42.6 Å². The molecule has 0 amide bonds. The maximum absolute atomic E-state index is 12.3. The summed E-state index contributed by atoms with van der Waals surface area (Å²) in [6, 6.07) is 11.2. The highest BCUT2D eigenvalue weighted by molar-refractivity contribution is 5.94. The normalized spacial score (nSPS) is 12.4. The van der Waals surface area contributed by atoms with Crippen LogP contribution in [0.2, 0.25) is 0 Å². The van der Waals surface area contributed by atoms with Crippen molar-refractivity contribution in [2.24, 2.45) is 0 Å². The molecule has 5 nitrogen and oxygen atoms in total. The molecule has 1 heterocycles. The van der Waals surface area contributed by atoms with Gasteiger partial charge in [0.2, 0.25) is 0 Å². The van der Waals surface area contributed by atoms with Crippen LogP contribution in [0.3, 0.4) is 0 Å². The Balaban J connectivity index is 2.30. The highest BCUT2D eigenvalue weighted by Gasteiger charge is 2.26. The number of hydrogen-bond acceptors (Lipinski definition) is 5. The van der Waals surface area contributed by atoms with Gasteiger partial charge in [-0.2, -0.15) is 0 Å². The molecule has 2 rings (SSSR count). The van der Waals surface area contributed by atoms with Crippen molar-refractivity contribution in [2.45, 2.75) is 32.3 Å². The average Bonchev–Trinajstić information content (AvgIpc) is 2.54. The van der Waals surface area contributed by atoms with E-state index in [0.29, 0.717) is 11.8 Å². The molecule has 0 fully saturated rings. The lowest BCUT2D eigenvalue weighted by atomic mass is 9.96. The second kappa shape index (κ2) is 7.47. The van der Waals surface area contributed by atoms with E-state index >= 15 is 0 Å². The lowest BCUT2D eigenvalue weighted by Crippen LogP contribution is -2.28. The zero-order chi connectivity index (χ0) is 18.6. The van der Waals surface area contributed by atoms with E-state index in [9.17, 15) is 9.59 Å². The number of rotatable bonds is 5. The summed E-state index contributed by atoms with van der Waals surface area (Å²) >= 11 is 0. The molecule has 0 radical (unpaired) electrons. The van der Waals surface area contributed by atoms with Gasteiger partial charge >= 0.3 is 5.97 Å². The van der Waals surface area contributed by atoms with Gasteiger partial charge in [0.05, 0.1) is 0 Å². The van der Waals surface area contributed by atoms with Gasteiger partial charge in [-0.3, -0.25) is 4.79 Å². The maximum Gasteiger partial charge on any atom is 0.321 e. The predicted molar refractivity (Wildman–Crippen MR) is 98.7 cm³/mol.